The molecule has 49 valence electrons. The Morgan fingerprint density at radius 1 is 1.50 bits per heavy atom. The van der Waals surface area contributed by atoms with E-state index in [0.29, 0.717) is 0 Å². The Balaban J connectivity index is 2.72. The predicted octanol–water partition coefficient (Wildman–Crippen LogP) is 0.319. The lowest BCUT2D eigenvalue weighted by molar-refractivity contribution is 0.472. The number of hydrogen-bond donors (Lipinski definition) is 1. The third-order valence-corrected chi connectivity index (χ3v) is 0.889. The molecule has 0 aromatic carbocycles. The fraction of sp³-hybridized carbons (Fsp3) is 0.833. The highest BCUT2D eigenvalue weighted by Crippen LogP contribution is 1.85. The summed E-state index contributed by atoms with van der Waals surface area (Å²) in [5.41, 5.74) is 0. The van der Waals surface area contributed by atoms with E-state index in [4.69, 9.17) is 0 Å². The lowest BCUT2D eigenvalue weighted by atomic mass is 10.4. The molecular formula is C6H15N2. The molecule has 0 spiro atoms. The summed E-state index contributed by atoms with van der Waals surface area (Å²) >= 11 is 0. The van der Waals surface area contributed by atoms with Gasteiger partial charge in [-0.2, -0.15) is 0 Å². The van der Waals surface area contributed by atoms with Crippen LogP contribution in [0.2, 0.25) is 0 Å². The summed E-state index contributed by atoms with van der Waals surface area (Å²) in [5, 5.41) is 3.07. The first kappa shape index (κ1) is 7.92. The van der Waals surface area contributed by atoms with Gasteiger partial charge in [0.15, 0.2) is 0 Å². The van der Waals surface area contributed by atoms with Gasteiger partial charge < -0.3 is 10.2 Å². The van der Waals surface area contributed by atoms with Crippen LogP contribution in [0.15, 0.2) is 0 Å². The van der Waals surface area contributed by atoms with Gasteiger partial charge in [0.25, 0.3) is 0 Å². The normalized spacial score (nSPS) is 10.5. The van der Waals surface area contributed by atoms with Crippen LogP contribution in [0.1, 0.15) is 6.42 Å². The second kappa shape index (κ2) is 5.06. The number of hydrogen-bond acceptors (Lipinski definition) is 2. The largest absolute Gasteiger partial charge is 0.320 e. The Morgan fingerprint density at radius 3 is 2.50 bits per heavy atom. The van der Waals surface area contributed by atoms with Crippen molar-refractivity contribution in [1.29, 1.82) is 0 Å². The van der Waals surface area contributed by atoms with Crippen molar-refractivity contribution in [2.45, 2.75) is 6.42 Å². The number of nitrogens with zero attached hydrogens (tertiary/aromatic N) is 1. The molecule has 2 heteroatoms. The van der Waals surface area contributed by atoms with E-state index >= 15 is 0 Å². The molecule has 0 aliphatic rings. The maximum atomic E-state index is 3.07. The molecule has 2 nitrogen and oxygen atoms in total. The minimum atomic E-state index is 1.07. The average Bonchev–Trinajstić information content (AvgIpc) is 1.66. The Bertz CT molecular complexity index is 43.8. The lowest BCUT2D eigenvalue weighted by Gasteiger charge is -2.06. The summed E-state index contributed by atoms with van der Waals surface area (Å²) in [6.45, 7) is 3.22. The molecule has 0 aromatic heterocycles. The third kappa shape index (κ3) is 5.92. The maximum Gasteiger partial charge on any atom is 0.0257 e. The van der Waals surface area contributed by atoms with E-state index in [2.05, 4.69) is 16.8 Å². The van der Waals surface area contributed by atoms with Crippen LogP contribution in [0, 0.1) is 6.54 Å². The van der Waals surface area contributed by atoms with E-state index in [1.807, 2.05) is 21.1 Å². The standard InChI is InChI=1S/C6H15N2/c1-7-5-4-6-8(2)3/h6-7H,4-5H2,1-3H3. The zero-order chi connectivity index (χ0) is 6.41. The van der Waals surface area contributed by atoms with Gasteiger partial charge in [-0.3, -0.25) is 0 Å². The summed E-state index contributed by atoms with van der Waals surface area (Å²) < 4.78 is 0. The van der Waals surface area contributed by atoms with Gasteiger partial charge in [0.05, 0.1) is 0 Å². The molecule has 0 heterocycles. The molecule has 0 aromatic rings. The molecule has 0 aliphatic heterocycles. The molecule has 0 amide bonds. The van der Waals surface area contributed by atoms with Crippen LogP contribution < -0.4 is 5.32 Å². The van der Waals surface area contributed by atoms with Crippen LogP contribution in [-0.4, -0.2) is 32.6 Å². The van der Waals surface area contributed by atoms with Crippen LogP contribution in [0.25, 0.3) is 0 Å². The quantitative estimate of drug-likeness (QED) is 0.531. The summed E-state index contributed by atoms with van der Waals surface area (Å²) in [6, 6.07) is 0. The first-order chi connectivity index (χ1) is 3.77. The van der Waals surface area contributed by atoms with Gasteiger partial charge in [0, 0.05) is 6.54 Å². The van der Waals surface area contributed by atoms with E-state index in [0.717, 1.165) is 13.0 Å². The third-order valence-electron chi connectivity index (χ3n) is 0.889. The summed E-state index contributed by atoms with van der Waals surface area (Å²) in [5.74, 6) is 0. The molecule has 0 bridgehead atoms. The highest BCUT2D eigenvalue weighted by Gasteiger charge is 1.86. The molecule has 0 aliphatic carbocycles. The molecule has 1 N–H and O–H groups in total. The van der Waals surface area contributed by atoms with E-state index in [1.165, 1.54) is 0 Å². The van der Waals surface area contributed by atoms with Crippen molar-refractivity contribution in [3.05, 3.63) is 6.54 Å². The lowest BCUT2D eigenvalue weighted by Crippen LogP contribution is -2.13. The van der Waals surface area contributed by atoms with Crippen molar-refractivity contribution >= 4 is 0 Å². The topological polar surface area (TPSA) is 15.3 Å². The molecule has 0 rings (SSSR count). The monoisotopic (exact) mass is 115 g/mol. The van der Waals surface area contributed by atoms with Crippen molar-refractivity contribution in [2.75, 3.05) is 27.7 Å². The average molecular weight is 115 g/mol. The predicted molar refractivity (Wildman–Crippen MR) is 36.5 cm³/mol. The first-order valence-corrected chi connectivity index (χ1v) is 2.91. The van der Waals surface area contributed by atoms with Gasteiger partial charge in [-0.25, -0.2) is 0 Å². The molecule has 0 saturated carbocycles. The molecular weight excluding hydrogens is 100 g/mol. The van der Waals surface area contributed by atoms with E-state index in [-0.39, 0.29) is 0 Å². The molecule has 8 heavy (non-hydrogen) atoms. The van der Waals surface area contributed by atoms with Crippen LogP contribution in [-0.2, 0) is 0 Å². The Kier molecular flexibility index (Phi) is 5.01. The SMILES string of the molecule is CNCC[CH]N(C)C. The van der Waals surface area contributed by atoms with E-state index < -0.39 is 0 Å². The molecule has 0 unspecified atom stereocenters. The minimum Gasteiger partial charge on any atom is -0.320 e. The molecule has 0 saturated heterocycles. The van der Waals surface area contributed by atoms with Crippen molar-refractivity contribution < 1.29 is 0 Å². The fourth-order valence-electron chi connectivity index (χ4n) is 0.467. The van der Waals surface area contributed by atoms with Crippen molar-refractivity contribution in [3.8, 4) is 0 Å². The van der Waals surface area contributed by atoms with Crippen molar-refractivity contribution in [3.63, 3.8) is 0 Å². The summed E-state index contributed by atoms with van der Waals surface area (Å²) in [6.07, 6.45) is 1.11. The zero-order valence-electron chi connectivity index (χ0n) is 5.94. The van der Waals surface area contributed by atoms with Gasteiger partial charge >= 0.3 is 0 Å². The maximum absolute atomic E-state index is 3.07. The van der Waals surface area contributed by atoms with Crippen LogP contribution in [0.5, 0.6) is 0 Å². The van der Waals surface area contributed by atoms with E-state index in [9.17, 15) is 0 Å². The Labute approximate surface area is 51.9 Å². The molecule has 0 atom stereocenters. The van der Waals surface area contributed by atoms with Gasteiger partial charge in [0.2, 0.25) is 0 Å². The molecule has 1 radical (unpaired) electrons. The number of rotatable bonds is 4. The second-order valence-electron chi connectivity index (χ2n) is 2.04. The highest BCUT2D eigenvalue weighted by atomic mass is 15.0. The van der Waals surface area contributed by atoms with Gasteiger partial charge in [-0.15, -0.1) is 0 Å². The first-order valence-electron chi connectivity index (χ1n) is 2.91. The van der Waals surface area contributed by atoms with Gasteiger partial charge in [-0.1, -0.05) is 0 Å². The Hall–Kier alpha value is -0.0800. The Morgan fingerprint density at radius 2 is 2.12 bits per heavy atom. The zero-order valence-corrected chi connectivity index (χ0v) is 5.94. The molecule has 0 fully saturated rings. The minimum absolute atomic E-state index is 1.07. The number of nitrogens with one attached hydrogen (secondary N) is 1. The van der Waals surface area contributed by atoms with Crippen LogP contribution in [0.4, 0.5) is 0 Å². The smallest absolute Gasteiger partial charge is 0.0257 e. The van der Waals surface area contributed by atoms with Gasteiger partial charge in [0.1, 0.15) is 0 Å². The summed E-state index contributed by atoms with van der Waals surface area (Å²) in [7, 11) is 6.04. The van der Waals surface area contributed by atoms with Crippen LogP contribution >= 0.6 is 0 Å². The second-order valence-corrected chi connectivity index (χ2v) is 2.04. The summed E-state index contributed by atoms with van der Waals surface area (Å²) in [4.78, 5) is 2.07. The van der Waals surface area contributed by atoms with Crippen molar-refractivity contribution in [1.82, 2.24) is 10.2 Å². The highest BCUT2D eigenvalue weighted by molar-refractivity contribution is 4.60. The van der Waals surface area contributed by atoms with Gasteiger partial charge in [-0.05, 0) is 34.1 Å². The van der Waals surface area contributed by atoms with Crippen LogP contribution in [0.3, 0.4) is 0 Å². The van der Waals surface area contributed by atoms with Crippen molar-refractivity contribution in [2.24, 2.45) is 0 Å². The fourth-order valence-corrected chi connectivity index (χ4v) is 0.467. The van der Waals surface area contributed by atoms with E-state index in [1.54, 1.807) is 0 Å².